The topological polar surface area (TPSA) is 69.2 Å². The number of carbonyl (C=O) groups is 1. The summed E-state index contributed by atoms with van der Waals surface area (Å²) in [5, 5.41) is 4.42. The molecule has 0 saturated heterocycles. The predicted molar refractivity (Wildman–Crippen MR) is 112 cm³/mol. The van der Waals surface area contributed by atoms with Crippen LogP contribution in [0.4, 0.5) is 0 Å². The maximum absolute atomic E-state index is 12.7. The molecule has 1 unspecified atom stereocenters. The maximum atomic E-state index is 12.7. The zero-order valence-corrected chi connectivity index (χ0v) is 18.1. The standard InChI is InChI=1S/C22H34N2O4/c1-7-26-18-11-16(12-19(27-8-2)20(18)28-9-3)21(25)24-23-17-10-15(4)13-22(5,6)14-17/h11-12,15H,7-10,13-14H2,1-6H3,(H,24,25). The van der Waals surface area contributed by atoms with Crippen molar-refractivity contribution in [3.63, 3.8) is 0 Å². The minimum absolute atomic E-state index is 0.213. The molecule has 0 aliphatic heterocycles. The van der Waals surface area contributed by atoms with E-state index < -0.39 is 0 Å². The van der Waals surface area contributed by atoms with Crippen LogP contribution in [0.5, 0.6) is 17.2 Å². The highest BCUT2D eigenvalue weighted by Crippen LogP contribution is 2.39. The van der Waals surface area contributed by atoms with Crippen molar-refractivity contribution >= 4 is 11.6 Å². The van der Waals surface area contributed by atoms with Crippen molar-refractivity contribution in [2.45, 2.75) is 60.8 Å². The monoisotopic (exact) mass is 390 g/mol. The number of benzene rings is 1. The molecular formula is C22H34N2O4. The summed E-state index contributed by atoms with van der Waals surface area (Å²) in [4.78, 5) is 12.7. The van der Waals surface area contributed by atoms with E-state index >= 15 is 0 Å². The van der Waals surface area contributed by atoms with Crippen LogP contribution in [0.15, 0.2) is 17.2 Å². The van der Waals surface area contributed by atoms with Gasteiger partial charge in [0, 0.05) is 11.3 Å². The van der Waals surface area contributed by atoms with Crippen molar-refractivity contribution in [3.8, 4) is 17.2 Å². The lowest BCUT2D eigenvalue weighted by atomic mass is 9.72. The molecule has 156 valence electrons. The quantitative estimate of drug-likeness (QED) is 0.647. The predicted octanol–water partition coefficient (Wildman–Crippen LogP) is 4.81. The van der Waals surface area contributed by atoms with E-state index in [1.807, 2.05) is 20.8 Å². The summed E-state index contributed by atoms with van der Waals surface area (Å²) in [6.45, 7) is 13.8. The second kappa shape index (κ2) is 9.80. The molecule has 1 aromatic rings. The Labute approximate surface area is 168 Å². The molecule has 0 bridgehead atoms. The summed E-state index contributed by atoms with van der Waals surface area (Å²) >= 11 is 0. The number of ether oxygens (including phenoxy) is 3. The highest BCUT2D eigenvalue weighted by atomic mass is 16.5. The summed E-state index contributed by atoms with van der Waals surface area (Å²) < 4.78 is 17.1. The molecule has 1 saturated carbocycles. The van der Waals surface area contributed by atoms with Crippen molar-refractivity contribution in [1.29, 1.82) is 0 Å². The smallest absolute Gasteiger partial charge is 0.271 e. The lowest BCUT2D eigenvalue weighted by Gasteiger charge is -2.34. The molecule has 1 fully saturated rings. The first kappa shape index (κ1) is 22.1. The average molecular weight is 391 g/mol. The molecule has 1 aliphatic rings. The lowest BCUT2D eigenvalue weighted by molar-refractivity contribution is 0.0952. The molecule has 0 spiro atoms. The third kappa shape index (κ3) is 5.88. The van der Waals surface area contributed by atoms with Gasteiger partial charge in [0.2, 0.25) is 5.75 Å². The first-order valence-electron chi connectivity index (χ1n) is 10.2. The van der Waals surface area contributed by atoms with Crippen molar-refractivity contribution in [2.24, 2.45) is 16.4 Å². The van der Waals surface area contributed by atoms with Crippen LogP contribution in [-0.4, -0.2) is 31.4 Å². The Morgan fingerprint density at radius 2 is 1.68 bits per heavy atom. The number of nitrogens with zero attached hydrogens (tertiary/aromatic N) is 1. The maximum Gasteiger partial charge on any atom is 0.271 e. The molecule has 0 aromatic heterocycles. The largest absolute Gasteiger partial charge is 0.490 e. The second-order valence-corrected chi connectivity index (χ2v) is 8.07. The minimum atomic E-state index is -0.284. The highest BCUT2D eigenvalue weighted by Gasteiger charge is 2.29. The third-order valence-electron chi connectivity index (χ3n) is 4.65. The van der Waals surface area contributed by atoms with Crippen LogP contribution in [0.25, 0.3) is 0 Å². The fraction of sp³-hybridized carbons (Fsp3) is 0.636. The van der Waals surface area contributed by atoms with E-state index in [4.69, 9.17) is 14.2 Å². The molecule has 0 radical (unpaired) electrons. The van der Waals surface area contributed by atoms with Crippen LogP contribution in [0.2, 0.25) is 0 Å². The second-order valence-electron chi connectivity index (χ2n) is 8.07. The number of hydrogen-bond acceptors (Lipinski definition) is 5. The average Bonchev–Trinajstić information content (AvgIpc) is 2.61. The van der Waals surface area contributed by atoms with Gasteiger partial charge in [0.15, 0.2) is 11.5 Å². The summed E-state index contributed by atoms with van der Waals surface area (Å²) in [5.74, 6) is 1.81. The SMILES string of the molecule is CCOc1cc(C(=O)NN=C2CC(C)CC(C)(C)C2)cc(OCC)c1OCC. The van der Waals surface area contributed by atoms with E-state index in [0.717, 1.165) is 18.6 Å². The van der Waals surface area contributed by atoms with Crippen LogP contribution < -0.4 is 19.6 Å². The van der Waals surface area contributed by atoms with Gasteiger partial charge in [0.25, 0.3) is 5.91 Å². The number of hydrazone groups is 1. The minimum Gasteiger partial charge on any atom is -0.490 e. The number of hydrogen-bond donors (Lipinski definition) is 1. The number of nitrogens with one attached hydrogen (secondary N) is 1. The van der Waals surface area contributed by atoms with Gasteiger partial charge in [0.1, 0.15) is 0 Å². The van der Waals surface area contributed by atoms with Gasteiger partial charge in [-0.05, 0) is 63.5 Å². The van der Waals surface area contributed by atoms with Gasteiger partial charge in [0.05, 0.1) is 19.8 Å². The van der Waals surface area contributed by atoms with E-state index in [-0.39, 0.29) is 11.3 Å². The lowest BCUT2D eigenvalue weighted by Crippen LogP contribution is -2.30. The number of amides is 1. The molecule has 1 aromatic carbocycles. The third-order valence-corrected chi connectivity index (χ3v) is 4.65. The molecule has 2 rings (SSSR count). The molecule has 6 heteroatoms. The fourth-order valence-electron chi connectivity index (χ4n) is 3.91. The van der Waals surface area contributed by atoms with Gasteiger partial charge in [-0.3, -0.25) is 4.79 Å². The Hall–Kier alpha value is -2.24. The van der Waals surface area contributed by atoms with Crippen molar-refractivity contribution < 1.29 is 19.0 Å². The zero-order valence-electron chi connectivity index (χ0n) is 18.1. The van der Waals surface area contributed by atoms with Gasteiger partial charge in [-0.2, -0.15) is 5.10 Å². The summed E-state index contributed by atoms with van der Waals surface area (Å²) in [6.07, 6.45) is 2.99. The molecule has 1 N–H and O–H groups in total. The molecular weight excluding hydrogens is 356 g/mol. The van der Waals surface area contributed by atoms with Crippen LogP contribution in [0, 0.1) is 11.3 Å². The van der Waals surface area contributed by atoms with Gasteiger partial charge >= 0.3 is 0 Å². The molecule has 1 atom stereocenters. The van der Waals surface area contributed by atoms with Crippen LogP contribution in [-0.2, 0) is 0 Å². The molecule has 6 nitrogen and oxygen atoms in total. The van der Waals surface area contributed by atoms with Crippen molar-refractivity contribution in [2.75, 3.05) is 19.8 Å². The summed E-state index contributed by atoms with van der Waals surface area (Å²) in [5.41, 5.74) is 4.40. The summed E-state index contributed by atoms with van der Waals surface area (Å²) in [7, 11) is 0. The normalized spacial score (nSPS) is 19.9. The van der Waals surface area contributed by atoms with Crippen LogP contribution >= 0.6 is 0 Å². The Morgan fingerprint density at radius 3 is 2.18 bits per heavy atom. The molecule has 28 heavy (non-hydrogen) atoms. The van der Waals surface area contributed by atoms with Crippen molar-refractivity contribution in [3.05, 3.63) is 17.7 Å². The Morgan fingerprint density at radius 1 is 1.11 bits per heavy atom. The highest BCUT2D eigenvalue weighted by molar-refractivity contribution is 5.97. The van der Waals surface area contributed by atoms with Gasteiger partial charge in [-0.15, -0.1) is 0 Å². The van der Waals surface area contributed by atoms with E-state index in [1.54, 1.807) is 12.1 Å². The van der Waals surface area contributed by atoms with Crippen LogP contribution in [0.3, 0.4) is 0 Å². The summed E-state index contributed by atoms with van der Waals surface area (Å²) in [6, 6.07) is 3.36. The fourth-order valence-corrected chi connectivity index (χ4v) is 3.91. The van der Waals surface area contributed by atoms with Crippen LogP contribution in [0.1, 0.15) is 71.2 Å². The zero-order chi connectivity index (χ0) is 20.7. The Balaban J connectivity index is 2.25. The van der Waals surface area contributed by atoms with Gasteiger partial charge in [-0.1, -0.05) is 20.8 Å². The number of rotatable bonds is 8. The first-order valence-corrected chi connectivity index (χ1v) is 10.2. The van der Waals surface area contributed by atoms with Gasteiger partial charge < -0.3 is 14.2 Å². The van der Waals surface area contributed by atoms with Crippen molar-refractivity contribution in [1.82, 2.24) is 5.43 Å². The van der Waals surface area contributed by atoms with E-state index in [1.165, 1.54) is 6.42 Å². The Bertz CT molecular complexity index is 685. The molecule has 1 amide bonds. The first-order chi connectivity index (χ1) is 13.3. The van der Waals surface area contributed by atoms with E-state index in [9.17, 15) is 4.79 Å². The van der Waals surface area contributed by atoms with E-state index in [0.29, 0.717) is 48.6 Å². The molecule has 0 heterocycles. The number of carbonyl (C=O) groups excluding carboxylic acids is 1. The van der Waals surface area contributed by atoms with Gasteiger partial charge in [-0.25, -0.2) is 5.43 Å². The van der Waals surface area contributed by atoms with E-state index in [2.05, 4.69) is 31.3 Å². The molecule has 1 aliphatic carbocycles. The Kier molecular flexibility index (Phi) is 7.72.